The second-order valence-corrected chi connectivity index (χ2v) is 8.09. The van der Waals surface area contributed by atoms with Crippen molar-refractivity contribution in [2.24, 2.45) is 0 Å². The van der Waals surface area contributed by atoms with Gasteiger partial charge in [0.1, 0.15) is 0 Å². The van der Waals surface area contributed by atoms with Crippen LogP contribution in [0.3, 0.4) is 0 Å². The fraction of sp³-hybridized carbons (Fsp3) is 0.250. The molecule has 0 saturated heterocycles. The lowest BCUT2D eigenvalue weighted by molar-refractivity contribution is -0.144. The number of nitrogens with one attached hydrogen (secondary N) is 1. The van der Waals surface area contributed by atoms with Crippen molar-refractivity contribution < 1.29 is 19.1 Å². The molecule has 0 aliphatic heterocycles. The highest BCUT2D eigenvalue weighted by atomic mass is 16.5. The Bertz CT molecular complexity index is 1080. The van der Waals surface area contributed by atoms with Gasteiger partial charge in [0.05, 0.1) is 13.0 Å². The van der Waals surface area contributed by atoms with Crippen LogP contribution < -0.4 is 5.32 Å². The molecule has 0 aromatic heterocycles. The molecule has 3 aromatic rings. The van der Waals surface area contributed by atoms with Crippen LogP contribution in [0.1, 0.15) is 40.7 Å². The van der Waals surface area contributed by atoms with Crippen LogP contribution in [-0.2, 0) is 27.3 Å². The number of rotatable bonds is 11. The third kappa shape index (κ3) is 8.20. The Labute approximate surface area is 200 Å². The minimum atomic E-state index is -0.394. The average molecular weight is 459 g/mol. The first-order valence-electron chi connectivity index (χ1n) is 11.4. The summed E-state index contributed by atoms with van der Waals surface area (Å²) in [6.45, 7) is 0.819. The van der Waals surface area contributed by atoms with Gasteiger partial charge >= 0.3 is 5.97 Å². The molecule has 0 spiro atoms. The third-order valence-electron chi connectivity index (χ3n) is 5.27. The normalized spacial score (nSPS) is 10.4. The topological polar surface area (TPSA) is 75.7 Å². The first kappa shape index (κ1) is 24.7. The van der Waals surface area contributed by atoms with E-state index >= 15 is 0 Å². The summed E-state index contributed by atoms with van der Waals surface area (Å²) < 4.78 is 5.22. The Morgan fingerprint density at radius 2 is 1.50 bits per heavy atom. The minimum absolute atomic E-state index is 0.00953. The van der Waals surface area contributed by atoms with E-state index in [2.05, 4.69) is 5.32 Å². The number of benzene rings is 3. The zero-order chi connectivity index (χ0) is 24.2. The van der Waals surface area contributed by atoms with Gasteiger partial charge in [-0.05, 0) is 42.2 Å². The molecule has 0 unspecified atom stereocenters. The van der Waals surface area contributed by atoms with E-state index in [1.165, 1.54) is 5.56 Å². The summed E-state index contributed by atoms with van der Waals surface area (Å²) in [4.78, 5) is 38.6. The summed E-state index contributed by atoms with van der Waals surface area (Å²) >= 11 is 0. The van der Waals surface area contributed by atoms with Gasteiger partial charge in [0.2, 0.25) is 5.91 Å². The number of carbonyl (C=O) groups is 3. The van der Waals surface area contributed by atoms with Crippen molar-refractivity contribution in [3.05, 3.63) is 102 Å². The number of carbonyl (C=O) groups excluding carboxylic acids is 3. The quantitative estimate of drug-likeness (QED) is 0.329. The molecule has 2 amide bonds. The Kier molecular flexibility index (Phi) is 9.40. The van der Waals surface area contributed by atoms with E-state index in [9.17, 15) is 14.4 Å². The van der Waals surface area contributed by atoms with Crippen LogP contribution in [0, 0.1) is 0 Å². The van der Waals surface area contributed by atoms with Gasteiger partial charge in [-0.25, -0.2) is 0 Å². The summed E-state index contributed by atoms with van der Waals surface area (Å²) in [5, 5.41) is 2.75. The second kappa shape index (κ2) is 12.9. The zero-order valence-corrected chi connectivity index (χ0v) is 19.4. The molecule has 3 rings (SSSR count). The van der Waals surface area contributed by atoms with Gasteiger partial charge in [-0.3, -0.25) is 14.4 Å². The van der Waals surface area contributed by atoms with Crippen molar-refractivity contribution in [1.29, 1.82) is 0 Å². The Morgan fingerprint density at radius 3 is 2.21 bits per heavy atom. The van der Waals surface area contributed by atoms with E-state index in [0.29, 0.717) is 24.4 Å². The Balaban J connectivity index is 1.40. The van der Waals surface area contributed by atoms with Gasteiger partial charge in [0.25, 0.3) is 5.91 Å². The number of esters is 1. The predicted molar refractivity (Wildman–Crippen MR) is 132 cm³/mol. The molecule has 0 fully saturated rings. The molecule has 0 radical (unpaired) electrons. The number of hydrogen-bond donors (Lipinski definition) is 1. The molecular weight excluding hydrogens is 428 g/mol. The van der Waals surface area contributed by atoms with Gasteiger partial charge < -0.3 is 15.0 Å². The SMILES string of the molecule is CN(Cc1ccccc1)C(=O)c1cccc(NC(=O)CCC(=O)OCCCc2ccccc2)c1. The lowest BCUT2D eigenvalue weighted by atomic mass is 10.1. The maximum absolute atomic E-state index is 12.8. The van der Waals surface area contributed by atoms with Crippen molar-refractivity contribution in [3.8, 4) is 0 Å². The number of amides is 2. The van der Waals surface area contributed by atoms with Crippen LogP contribution >= 0.6 is 0 Å². The monoisotopic (exact) mass is 458 g/mol. The molecule has 3 aromatic carbocycles. The molecule has 0 heterocycles. The highest BCUT2D eigenvalue weighted by molar-refractivity contribution is 5.97. The van der Waals surface area contributed by atoms with Crippen LogP contribution in [0.5, 0.6) is 0 Å². The Morgan fingerprint density at radius 1 is 0.824 bits per heavy atom. The van der Waals surface area contributed by atoms with E-state index in [1.807, 2.05) is 60.7 Å². The van der Waals surface area contributed by atoms with Crippen LogP contribution in [0.2, 0.25) is 0 Å². The van der Waals surface area contributed by atoms with E-state index in [1.54, 1.807) is 36.2 Å². The van der Waals surface area contributed by atoms with E-state index in [4.69, 9.17) is 4.74 Å². The summed E-state index contributed by atoms with van der Waals surface area (Å²) in [5.41, 5.74) is 3.23. The highest BCUT2D eigenvalue weighted by Gasteiger charge is 2.14. The first-order valence-corrected chi connectivity index (χ1v) is 11.4. The molecule has 0 saturated carbocycles. The zero-order valence-electron chi connectivity index (χ0n) is 19.4. The minimum Gasteiger partial charge on any atom is -0.466 e. The van der Waals surface area contributed by atoms with Crippen molar-refractivity contribution in [1.82, 2.24) is 4.90 Å². The summed E-state index contributed by atoms with van der Waals surface area (Å²) in [7, 11) is 1.74. The smallest absolute Gasteiger partial charge is 0.306 e. The van der Waals surface area contributed by atoms with Crippen molar-refractivity contribution in [2.45, 2.75) is 32.2 Å². The van der Waals surface area contributed by atoms with Gasteiger partial charge in [-0.1, -0.05) is 66.7 Å². The molecule has 6 nitrogen and oxygen atoms in total. The maximum atomic E-state index is 12.8. The lowest BCUT2D eigenvalue weighted by Crippen LogP contribution is -2.26. The summed E-state index contributed by atoms with van der Waals surface area (Å²) in [5.74, 6) is -0.836. The van der Waals surface area contributed by atoms with Gasteiger partial charge in [-0.2, -0.15) is 0 Å². The maximum Gasteiger partial charge on any atom is 0.306 e. The van der Waals surface area contributed by atoms with Crippen molar-refractivity contribution in [2.75, 3.05) is 19.0 Å². The van der Waals surface area contributed by atoms with E-state index < -0.39 is 5.97 Å². The number of aryl methyl sites for hydroxylation is 1. The van der Waals surface area contributed by atoms with Crippen LogP contribution in [0.15, 0.2) is 84.9 Å². The van der Waals surface area contributed by atoms with Gasteiger partial charge in [0.15, 0.2) is 0 Å². The van der Waals surface area contributed by atoms with Crippen LogP contribution in [0.25, 0.3) is 0 Å². The van der Waals surface area contributed by atoms with Crippen LogP contribution in [0.4, 0.5) is 5.69 Å². The van der Waals surface area contributed by atoms with Crippen LogP contribution in [-0.4, -0.2) is 36.3 Å². The van der Waals surface area contributed by atoms with Crippen molar-refractivity contribution in [3.63, 3.8) is 0 Å². The standard InChI is InChI=1S/C28H30N2O4/c1-30(21-23-12-6-3-7-13-23)28(33)24-15-8-16-25(20-24)29-26(31)17-18-27(32)34-19-9-14-22-10-4-2-5-11-22/h2-8,10-13,15-16,20H,9,14,17-19,21H2,1H3,(H,29,31). The number of nitrogens with zero attached hydrogens (tertiary/aromatic N) is 1. The van der Waals surface area contributed by atoms with E-state index in [-0.39, 0.29) is 24.7 Å². The molecule has 0 aliphatic rings. The summed E-state index contributed by atoms with van der Waals surface area (Å²) in [6.07, 6.45) is 1.60. The first-order chi connectivity index (χ1) is 16.5. The molecule has 1 N–H and O–H groups in total. The fourth-order valence-corrected chi connectivity index (χ4v) is 3.50. The van der Waals surface area contributed by atoms with Gasteiger partial charge in [0, 0.05) is 31.3 Å². The molecule has 0 bridgehead atoms. The predicted octanol–water partition coefficient (Wildman–Crippen LogP) is 4.85. The number of anilines is 1. The molecule has 0 atom stereocenters. The molecule has 176 valence electrons. The molecular formula is C28H30N2O4. The molecule has 6 heteroatoms. The summed E-state index contributed by atoms with van der Waals surface area (Å²) in [6, 6.07) is 26.5. The molecule has 34 heavy (non-hydrogen) atoms. The fourth-order valence-electron chi connectivity index (χ4n) is 3.50. The Hall–Kier alpha value is -3.93. The number of ether oxygens (including phenoxy) is 1. The highest BCUT2D eigenvalue weighted by Crippen LogP contribution is 2.14. The largest absolute Gasteiger partial charge is 0.466 e. The van der Waals surface area contributed by atoms with Crippen molar-refractivity contribution >= 4 is 23.5 Å². The van der Waals surface area contributed by atoms with Gasteiger partial charge in [-0.15, -0.1) is 0 Å². The lowest BCUT2D eigenvalue weighted by Gasteiger charge is -2.18. The van der Waals surface area contributed by atoms with E-state index in [0.717, 1.165) is 18.4 Å². The molecule has 0 aliphatic carbocycles. The average Bonchev–Trinajstić information content (AvgIpc) is 2.86. The third-order valence-corrected chi connectivity index (χ3v) is 5.27. The second-order valence-electron chi connectivity index (χ2n) is 8.09. The number of hydrogen-bond acceptors (Lipinski definition) is 4.